The first-order valence-electron chi connectivity index (χ1n) is 14.6. The lowest BCUT2D eigenvalue weighted by molar-refractivity contribution is -0.133. The third-order valence-electron chi connectivity index (χ3n) is 7.98. The molecule has 4 rings (SSSR count). The number of carbonyl (C=O) groups is 2. The number of carbonyl (C=O) groups excluding carboxylic acids is 2. The van der Waals surface area contributed by atoms with E-state index >= 15 is 0 Å². The van der Waals surface area contributed by atoms with E-state index in [1.54, 1.807) is 25.6 Å². The Bertz CT molecular complexity index is 1280. The standard InChI is InChI=1S/C34H44N2O4S/c1-34(2,3)27-16-14-26(15-17-27)33(38)36(28-10-7-6-8-11-28)24-32(37)35(23-29-12-9-21-41-29)20-19-25-13-18-30(39-4)31(22-25)40-5/h9,12-18,21-22,28H,6-8,10-11,19-20,23-24H2,1-5H3. The Morgan fingerprint density at radius 1 is 0.927 bits per heavy atom. The van der Waals surface area contributed by atoms with Gasteiger partial charge in [-0.2, -0.15) is 0 Å². The molecular weight excluding hydrogens is 532 g/mol. The second-order valence-electron chi connectivity index (χ2n) is 11.9. The van der Waals surface area contributed by atoms with Crippen LogP contribution in [0.5, 0.6) is 11.5 Å². The topological polar surface area (TPSA) is 59.1 Å². The summed E-state index contributed by atoms with van der Waals surface area (Å²) >= 11 is 1.64. The highest BCUT2D eigenvalue weighted by molar-refractivity contribution is 7.09. The molecule has 6 nitrogen and oxygen atoms in total. The van der Waals surface area contributed by atoms with E-state index in [0.29, 0.717) is 36.6 Å². The molecule has 0 aliphatic heterocycles. The van der Waals surface area contributed by atoms with Crippen molar-refractivity contribution in [3.63, 3.8) is 0 Å². The fourth-order valence-corrected chi connectivity index (χ4v) is 6.19. The number of hydrogen-bond acceptors (Lipinski definition) is 5. The zero-order chi connectivity index (χ0) is 29.4. The first-order valence-corrected chi connectivity index (χ1v) is 15.5. The molecule has 1 aliphatic carbocycles. The SMILES string of the molecule is COc1ccc(CCN(Cc2cccs2)C(=O)CN(C(=O)c2ccc(C(C)(C)C)cc2)C2CCCCC2)cc1OC. The van der Waals surface area contributed by atoms with Crippen LogP contribution < -0.4 is 9.47 Å². The van der Waals surface area contributed by atoms with Crippen molar-refractivity contribution < 1.29 is 19.1 Å². The molecule has 1 fully saturated rings. The summed E-state index contributed by atoms with van der Waals surface area (Å²) in [6.07, 6.45) is 5.91. The summed E-state index contributed by atoms with van der Waals surface area (Å²) in [5.41, 5.74) is 2.90. The second-order valence-corrected chi connectivity index (χ2v) is 12.9. The predicted molar refractivity (Wildman–Crippen MR) is 166 cm³/mol. The van der Waals surface area contributed by atoms with Crippen molar-refractivity contribution in [1.82, 2.24) is 9.80 Å². The number of thiophene rings is 1. The summed E-state index contributed by atoms with van der Waals surface area (Å²) in [5, 5.41) is 2.03. The highest BCUT2D eigenvalue weighted by Crippen LogP contribution is 2.29. The van der Waals surface area contributed by atoms with Crippen molar-refractivity contribution in [2.45, 2.75) is 77.3 Å². The van der Waals surface area contributed by atoms with Crippen LogP contribution in [0.15, 0.2) is 60.0 Å². The number of nitrogens with zero attached hydrogens (tertiary/aromatic N) is 2. The Morgan fingerprint density at radius 2 is 1.63 bits per heavy atom. The maximum Gasteiger partial charge on any atom is 0.254 e. The Balaban J connectivity index is 1.55. The van der Waals surface area contributed by atoms with Crippen LogP contribution in [0, 0.1) is 0 Å². The van der Waals surface area contributed by atoms with Crippen molar-refractivity contribution in [3.8, 4) is 11.5 Å². The van der Waals surface area contributed by atoms with E-state index in [9.17, 15) is 9.59 Å². The molecule has 0 unspecified atom stereocenters. The monoisotopic (exact) mass is 576 g/mol. The number of benzene rings is 2. The van der Waals surface area contributed by atoms with Crippen LogP contribution >= 0.6 is 11.3 Å². The molecule has 0 radical (unpaired) electrons. The van der Waals surface area contributed by atoms with Crippen molar-refractivity contribution in [1.29, 1.82) is 0 Å². The molecule has 41 heavy (non-hydrogen) atoms. The maximum atomic E-state index is 14.0. The maximum absolute atomic E-state index is 14.0. The van der Waals surface area contributed by atoms with Crippen LogP contribution in [-0.2, 0) is 23.2 Å². The minimum absolute atomic E-state index is 0.0107. The zero-order valence-corrected chi connectivity index (χ0v) is 26.0. The van der Waals surface area contributed by atoms with Gasteiger partial charge in [0.15, 0.2) is 11.5 Å². The molecule has 7 heteroatoms. The van der Waals surface area contributed by atoms with E-state index in [0.717, 1.165) is 36.1 Å². The van der Waals surface area contributed by atoms with Gasteiger partial charge in [0.05, 0.1) is 20.8 Å². The van der Waals surface area contributed by atoms with Gasteiger partial charge in [-0.25, -0.2) is 0 Å². The molecule has 1 aliphatic rings. The molecule has 1 aromatic heterocycles. The predicted octanol–water partition coefficient (Wildman–Crippen LogP) is 7.11. The lowest BCUT2D eigenvalue weighted by atomic mass is 9.86. The fraction of sp³-hybridized carbons (Fsp3) is 0.471. The molecule has 0 N–H and O–H groups in total. The van der Waals surface area contributed by atoms with Gasteiger partial charge in [0.25, 0.3) is 5.91 Å². The van der Waals surface area contributed by atoms with Crippen LogP contribution in [0.2, 0.25) is 0 Å². The summed E-state index contributed by atoms with van der Waals surface area (Å²) in [6.45, 7) is 7.65. The van der Waals surface area contributed by atoms with E-state index in [4.69, 9.17) is 9.47 Å². The van der Waals surface area contributed by atoms with Crippen molar-refractivity contribution >= 4 is 23.2 Å². The van der Waals surface area contributed by atoms with Crippen molar-refractivity contribution in [2.24, 2.45) is 0 Å². The number of amides is 2. The Hall–Kier alpha value is -3.32. The molecular formula is C34H44N2O4S. The first kappa shape index (κ1) is 30.6. The molecule has 2 amide bonds. The van der Waals surface area contributed by atoms with E-state index in [-0.39, 0.29) is 29.8 Å². The molecule has 0 atom stereocenters. The Morgan fingerprint density at radius 3 is 2.24 bits per heavy atom. The molecule has 1 saturated carbocycles. The highest BCUT2D eigenvalue weighted by atomic mass is 32.1. The minimum atomic E-state index is -0.0540. The third kappa shape index (κ3) is 8.13. The van der Waals surface area contributed by atoms with E-state index in [1.165, 1.54) is 12.0 Å². The van der Waals surface area contributed by atoms with Gasteiger partial charge >= 0.3 is 0 Å². The summed E-state index contributed by atoms with van der Waals surface area (Å²) in [7, 11) is 3.25. The van der Waals surface area contributed by atoms with Crippen LogP contribution in [-0.4, -0.2) is 55.0 Å². The second kappa shape index (κ2) is 14.0. The van der Waals surface area contributed by atoms with E-state index < -0.39 is 0 Å². The minimum Gasteiger partial charge on any atom is -0.493 e. The average Bonchev–Trinajstić information content (AvgIpc) is 3.50. The quantitative estimate of drug-likeness (QED) is 0.244. The third-order valence-corrected chi connectivity index (χ3v) is 8.84. The van der Waals surface area contributed by atoms with E-state index in [1.807, 2.05) is 63.7 Å². The Labute approximate surface area is 249 Å². The lowest BCUT2D eigenvalue weighted by Gasteiger charge is -2.35. The van der Waals surface area contributed by atoms with E-state index in [2.05, 4.69) is 26.8 Å². The lowest BCUT2D eigenvalue weighted by Crippen LogP contribution is -2.48. The molecule has 0 bridgehead atoms. The van der Waals surface area contributed by atoms with Gasteiger partial charge in [0.1, 0.15) is 6.54 Å². The normalized spacial score (nSPS) is 14.0. The average molecular weight is 577 g/mol. The van der Waals surface area contributed by atoms with Crippen LogP contribution in [0.25, 0.3) is 0 Å². The summed E-state index contributed by atoms with van der Waals surface area (Å²) in [4.78, 5) is 32.8. The molecule has 1 heterocycles. The van der Waals surface area contributed by atoms with Crippen LogP contribution in [0.1, 0.15) is 79.2 Å². The number of ether oxygens (including phenoxy) is 2. The van der Waals surface area contributed by atoms with Gasteiger partial charge in [-0.1, -0.05) is 64.3 Å². The first-order chi connectivity index (χ1) is 19.7. The zero-order valence-electron chi connectivity index (χ0n) is 25.2. The summed E-state index contributed by atoms with van der Waals surface area (Å²) < 4.78 is 10.9. The summed E-state index contributed by atoms with van der Waals surface area (Å²) in [5.74, 6) is 1.28. The largest absolute Gasteiger partial charge is 0.493 e. The number of hydrogen-bond donors (Lipinski definition) is 0. The van der Waals surface area contributed by atoms with Gasteiger partial charge in [-0.15, -0.1) is 11.3 Å². The van der Waals surface area contributed by atoms with Gasteiger partial charge in [0, 0.05) is 23.0 Å². The number of methoxy groups -OCH3 is 2. The highest BCUT2D eigenvalue weighted by Gasteiger charge is 2.30. The van der Waals surface area contributed by atoms with Crippen molar-refractivity contribution in [3.05, 3.63) is 81.5 Å². The molecule has 0 spiro atoms. The van der Waals surface area contributed by atoms with Crippen LogP contribution in [0.3, 0.4) is 0 Å². The van der Waals surface area contributed by atoms with Gasteiger partial charge in [-0.05, 0) is 71.5 Å². The summed E-state index contributed by atoms with van der Waals surface area (Å²) in [6, 6.07) is 17.9. The van der Waals surface area contributed by atoms with Crippen molar-refractivity contribution in [2.75, 3.05) is 27.3 Å². The number of rotatable bonds is 11. The van der Waals surface area contributed by atoms with Gasteiger partial charge in [-0.3, -0.25) is 9.59 Å². The molecule has 3 aromatic rings. The van der Waals surface area contributed by atoms with Crippen LogP contribution in [0.4, 0.5) is 0 Å². The molecule has 220 valence electrons. The molecule has 0 saturated heterocycles. The molecule has 2 aromatic carbocycles. The van der Waals surface area contributed by atoms with Gasteiger partial charge in [0.2, 0.25) is 5.91 Å². The fourth-order valence-electron chi connectivity index (χ4n) is 5.47. The van der Waals surface area contributed by atoms with Gasteiger partial charge < -0.3 is 19.3 Å². The smallest absolute Gasteiger partial charge is 0.254 e. The Kier molecular flexibility index (Phi) is 10.5.